The number of carbonyl (C=O) groups excluding carboxylic acids is 2. The minimum atomic E-state index is -4.73. The number of imidazole rings is 1. The van der Waals surface area contributed by atoms with Gasteiger partial charge in [0, 0.05) is 45.5 Å². The molecule has 3 heterocycles. The summed E-state index contributed by atoms with van der Waals surface area (Å²) in [5.74, 6) is -8.09. The Morgan fingerprint density at radius 1 is 1.21 bits per heavy atom. The molecule has 2 aromatic heterocycles. The molecule has 1 saturated carbocycles. The number of carboxylic acid groups (broad SMARTS) is 1. The zero-order valence-electron chi connectivity index (χ0n) is 26.4. The van der Waals surface area contributed by atoms with E-state index in [9.17, 15) is 41.4 Å². The van der Waals surface area contributed by atoms with E-state index < -0.39 is 72.7 Å². The largest absolute Gasteiger partial charge is 0.480 e. The molecule has 48 heavy (non-hydrogen) atoms. The van der Waals surface area contributed by atoms with Crippen molar-refractivity contribution < 1.29 is 46.2 Å². The van der Waals surface area contributed by atoms with Crippen LogP contribution in [0.15, 0.2) is 42.6 Å². The van der Waals surface area contributed by atoms with Gasteiger partial charge in [-0.1, -0.05) is 30.3 Å². The average molecular weight is 681 g/mol. The van der Waals surface area contributed by atoms with Crippen LogP contribution in [0.5, 0.6) is 0 Å². The van der Waals surface area contributed by atoms with Crippen LogP contribution in [0.3, 0.4) is 0 Å². The smallest absolute Gasteiger partial charge is 0.408 e. The lowest BCUT2D eigenvalue weighted by Crippen LogP contribution is -2.57. The molecule has 16 heteroatoms. The predicted molar refractivity (Wildman–Crippen MR) is 162 cm³/mol. The Bertz CT molecular complexity index is 1640. The minimum absolute atomic E-state index is 0.0287. The summed E-state index contributed by atoms with van der Waals surface area (Å²) >= 11 is 0. The first-order valence-corrected chi connectivity index (χ1v) is 15.7. The number of nitrogens with zero attached hydrogens (tertiary/aromatic N) is 4. The van der Waals surface area contributed by atoms with Gasteiger partial charge in [-0.25, -0.2) is 23.1 Å². The number of aromatic nitrogens is 3. The Balaban J connectivity index is 1.50. The standard InChI is InChI=1S/C32H37F5N6O5/c1-3-42(2)24-13-25-39-23(17-43(25)41-22(24)15-30(28(45)46)14-21(32(35,36)37)16-38-27(30)44)26(20-9-11-31(33,34)12-10-20)40-29(47)48-18-19-7-5-4-6-8-19/h4-8,13,17,20-21,26H,3,9-12,14-16,18H2,1-2H3,(H,38,44)(H,40,47)(H,45,46)/t21-,26+,30?/m1/s1. The van der Waals surface area contributed by atoms with Crippen molar-refractivity contribution >= 4 is 29.3 Å². The van der Waals surface area contributed by atoms with E-state index in [2.05, 4.69) is 20.7 Å². The predicted octanol–water partition coefficient (Wildman–Crippen LogP) is 5.29. The Hall–Kier alpha value is -4.50. The molecular weight excluding hydrogens is 643 g/mol. The van der Waals surface area contributed by atoms with E-state index in [1.165, 1.54) is 10.7 Å². The molecule has 2 aliphatic rings. The Kier molecular flexibility index (Phi) is 9.83. The molecule has 1 unspecified atom stereocenters. The highest BCUT2D eigenvalue weighted by molar-refractivity contribution is 6.03. The van der Waals surface area contributed by atoms with Gasteiger partial charge >= 0.3 is 18.2 Å². The lowest BCUT2D eigenvalue weighted by atomic mass is 9.72. The molecular formula is C32H37F5N6O5. The molecule has 3 aromatic rings. The molecule has 2 fully saturated rings. The molecule has 1 saturated heterocycles. The minimum Gasteiger partial charge on any atom is -0.480 e. The third kappa shape index (κ3) is 7.46. The van der Waals surface area contributed by atoms with Crippen molar-refractivity contribution in [2.24, 2.45) is 17.3 Å². The van der Waals surface area contributed by atoms with Gasteiger partial charge in [0.25, 0.3) is 0 Å². The van der Waals surface area contributed by atoms with Crippen LogP contribution in [0.2, 0.25) is 0 Å². The number of rotatable bonds is 10. The number of carboxylic acids is 1. The second-order valence-corrected chi connectivity index (χ2v) is 12.6. The fourth-order valence-corrected chi connectivity index (χ4v) is 6.37. The molecule has 5 rings (SSSR count). The van der Waals surface area contributed by atoms with Gasteiger partial charge in [-0.2, -0.15) is 18.3 Å². The number of benzene rings is 1. The number of aliphatic carboxylic acids is 1. The van der Waals surface area contributed by atoms with Crippen molar-refractivity contribution in [1.29, 1.82) is 0 Å². The molecule has 1 aliphatic carbocycles. The maximum atomic E-state index is 14.1. The third-order valence-electron chi connectivity index (χ3n) is 9.33. The van der Waals surface area contributed by atoms with Crippen LogP contribution in [0.4, 0.5) is 32.4 Å². The van der Waals surface area contributed by atoms with Crippen molar-refractivity contribution in [2.45, 2.75) is 70.2 Å². The summed E-state index contributed by atoms with van der Waals surface area (Å²) in [5.41, 5.74) is -0.802. The monoisotopic (exact) mass is 680 g/mol. The van der Waals surface area contributed by atoms with E-state index in [1.54, 1.807) is 49.2 Å². The highest BCUT2D eigenvalue weighted by Gasteiger charge is 2.56. The van der Waals surface area contributed by atoms with Crippen LogP contribution in [0.1, 0.15) is 62.0 Å². The van der Waals surface area contributed by atoms with E-state index >= 15 is 0 Å². The number of hydrogen-bond donors (Lipinski definition) is 3. The van der Waals surface area contributed by atoms with Crippen LogP contribution in [-0.2, 0) is 27.4 Å². The number of anilines is 1. The maximum Gasteiger partial charge on any atom is 0.408 e. The van der Waals surface area contributed by atoms with Gasteiger partial charge in [0.2, 0.25) is 11.8 Å². The molecule has 260 valence electrons. The van der Waals surface area contributed by atoms with Gasteiger partial charge < -0.3 is 25.4 Å². The summed E-state index contributed by atoms with van der Waals surface area (Å²) in [6.07, 6.45) is -6.27. The number of amides is 2. The average Bonchev–Trinajstić information content (AvgIpc) is 3.45. The first-order chi connectivity index (χ1) is 22.6. The number of alkyl carbamates (subject to hydrolysis) is 1. The fraction of sp³-hybridized carbons (Fsp3) is 0.531. The Morgan fingerprint density at radius 2 is 1.90 bits per heavy atom. The molecule has 0 bridgehead atoms. The van der Waals surface area contributed by atoms with Gasteiger partial charge in [0.15, 0.2) is 11.1 Å². The maximum absolute atomic E-state index is 14.1. The summed E-state index contributed by atoms with van der Waals surface area (Å²) in [5, 5.41) is 19.6. The summed E-state index contributed by atoms with van der Waals surface area (Å²) in [4.78, 5) is 44.8. The lowest BCUT2D eigenvalue weighted by molar-refractivity contribution is -0.194. The number of hydrogen-bond acceptors (Lipinski definition) is 7. The molecule has 3 N–H and O–H groups in total. The normalized spacial score (nSPS) is 22.1. The molecule has 3 atom stereocenters. The first-order valence-electron chi connectivity index (χ1n) is 15.7. The fourth-order valence-electron chi connectivity index (χ4n) is 6.37. The van der Waals surface area contributed by atoms with E-state index in [0.29, 0.717) is 12.2 Å². The number of fused-ring (bicyclic) bond motifs is 1. The van der Waals surface area contributed by atoms with Crippen LogP contribution in [-0.4, -0.2) is 69.9 Å². The quantitative estimate of drug-likeness (QED) is 0.194. The van der Waals surface area contributed by atoms with Gasteiger partial charge in [0.05, 0.1) is 35.2 Å². The number of carbonyl (C=O) groups is 3. The van der Waals surface area contributed by atoms with E-state index in [-0.39, 0.29) is 49.3 Å². The van der Waals surface area contributed by atoms with E-state index in [0.717, 1.165) is 5.56 Å². The summed E-state index contributed by atoms with van der Waals surface area (Å²) in [6, 6.07) is 9.65. The van der Waals surface area contributed by atoms with Crippen LogP contribution < -0.4 is 15.5 Å². The second-order valence-electron chi connectivity index (χ2n) is 12.6. The van der Waals surface area contributed by atoms with Crippen LogP contribution in [0, 0.1) is 17.3 Å². The number of halogens is 5. The number of nitrogens with one attached hydrogen (secondary N) is 2. The molecule has 1 aliphatic heterocycles. The highest BCUT2D eigenvalue weighted by atomic mass is 19.4. The van der Waals surface area contributed by atoms with Crippen molar-refractivity contribution in [1.82, 2.24) is 25.2 Å². The SMILES string of the molecule is CCN(C)c1cc2nc([C@@H](NC(=O)OCc3ccccc3)C3CCC(F)(F)CC3)cn2nc1CC1(C(=O)O)C[C@@H](C(F)(F)F)CNC1=O. The van der Waals surface area contributed by atoms with Crippen LogP contribution in [0.25, 0.3) is 5.65 Å². The molecule has 0 spiro atoms. The van der Waals surface area contributed by atoms with Crippen LogP contribution >= 0.6 is 0 Å². The van der Waals surface area contributed by atoms with E-state index in [4.69, 9.17) is 4.74 Å². The van der Waals surface area contributed by atoms with Gasteiger partial charge in [0.1, 0.15) is 6.61 Å². The third-order valence-corrected chi connectivity index (χ3v) is 9.33. The van der Waals surface area contributed by atoms with Crippen molar-refractivity contribution in [3.8, 4) is 0 Å². The summed E-state index contributed by atoms with van der Waals surface area (Å²) in [6.45, 7) is 1.43. The second kappa shape index (κ2) is 13.5. The van der Waals surface area contributed by atoms with Crippen molar-refractivity contribution in [2.75, 3.05) is 25.0 Å². The molecule has 0 radical (unpaired) electrons. The first kappa shape index (κ1) is 34.8. The molecule has 2 amide bonds. The van der Waals surface area contributed by atoms with Crippen molar-refractivity contribution in [3.05, 3.63) is 59.5 Å². The van der Waals surface area contributed by atoms with E-state index in [1.807, 2.05) is 6.07 Å². The molecule has 11 nitrogen and oxygen atoms in total. The van der Waals surface area contributed by atoms with Gasteiger partial charge in [-0.05, 0) is 37.7 Å². The van der Waals surface area contributed by atoms with Gasteiger partial charge in [-0.3, -0.25) is 9.59 Å². The van der Waals surface area contributed by atoms with Gasteiger partial charge in [-0.15, -0.1) is 0 Å². The number of piperidine rings is 1. The van der Waals surface area contributed by atoms with Crippen molar-refractivity contribution in [3.63, 3.8) is 0 Å². The number of ether oxygens (including phenoxy) is 1. The topological polar surface area (TPSA) is 138 Å². The highest BCUT2D eigenvalue weighted by Crippen LogP contribution is 2.43. The zero-order chi connectivity index (χ0) is 34.9. The Morgan fingerprint density at radius 3 is 2.52 bits per heavy atom. The zero-order valence-corrected chi connectivity index (χ0v) is 26.4. The lowest BCUT2D eigenvalue weighted by Gasteiger charge is -2.37. The number of alkyl halides is 5. The Labute approximate surface area is 272 Å². The summed E-state index contributed by atoms with van der Waals surface area (Å²) < 4.78 is 76.1. The molecule has 1 aromatic carbocycles. The summed E-state index contributed by atoms with van der Waals surface area (Å²) in [7, 11) is 1.67.